The van der Waals surface area contributed by atoms with Crippen molar-refractivity contribution in [2.24, 2.45) is 0 Å². The molecule has 2 rings (SSSR count). The summed E-state index contributed by atoms with van der Waals surface area (Å²) in [6.07, 6.45) is 0. The fourth-order valence-electron chi connectivity index (χ4n) is 2.99. The van der Waals surface area contributed by atoms with Crippen molar-refractivity contribution in [3.63, 3.8) is 0 Å². The molecule has 1 aromatic heterocycles. The van der Waals surface area contributed by atoms with Crippen molar-refractivity contribution in [1.29, 1.82) is 0 Å². The van der Waals surface area contributed by atoms with Crippen molar-refractivity contribution in [1.82, 2.24) is 9.88 Å². The predicted octanol–water partition coefficient (Wildman–Crippen LogP) is 2.49. The lowest BCUT2D eigenvalue weighted by Gasteiger charge is -2.47. The molecule has 0 atom stereocenters. The van der Waals surface area contributed by atoms with Crippen LogP contribution in [0.2, 0.25) is 0 Å². The fourth-order valence-corrected chi connectivity index (χ4v) is 2.99. The van der Waals surface area contributed by atoms with Crippen LogP contribution in [0.4, 0.5) is 0 Å². The molecule has 2 heterocycles. The molecule has 1 fully saturated rings. The Morgan fingerprint density at radius 3 is 2.37 bits per heavy atom. The molecule has 1 N–H and O–H groups in total. The van der Waals surface area contributed by atoms with E-state index in [4.69, 9.17) is 4.74 Å². The molecule has 0 spiro atoms. The first-order chi connectivity index (χ1) is 8.67. The Kier molecular flexibility index (Phi) is 3.58. The van der Waals surface area contributed by atoms with Crippen molar-refractivity contribution >= 4 is 0 Å². The largest absolute Gasteiger partial charge is 0.506 e. The van der Waals surface area contributed by atoms with Gasteiger partial charge >= 0.3 is 0 Å². The second-order valence-electron chi connectivity index (χ2n) is 6.69. The Morgan fingerprint density at radius 2 is 1.79 bits per heavy atom. The number of aromatic hydroxyl groups is 1. The summed E-state index contributed by atoms with van der Waals surface area (Å²) in [7, 11) is 0. The number of pyridine rings is 1. The minimum Gasteiger partial charge on any atom is -0.506 e. The summed E-state index contributed by atoms with van der Waals surface area (Å²) in [5.41, 5.74) is 1.32. The van der Waals surface area contributed by atoms with Crippen LogP contribution in [0.15, 0.2) is 12.1 Å². The van der Waals surface area contributed by atoms with Gasteiger partial charge in [0.05, 0.1) is 16.9 Å². The molecule has 0 bridgehead atoms. The lowest BCUT2D eigenvalue weighted by Crippen LogP contribution is -2.56. The molecule has 0 aromatic carbocycles. The maximum atomic E-state index is 9.91. The highest BCUT2D eigenvalue weighted by molar-refractivity contribution is 5.27. The van der Waals surface area contributed by atoms with Crippen molar-refractivity contribution in [2.45, 2.75) is 52.4 Å². The van der Waals surface area contributed by atoms with E-state index in [1.165, 1.54) is 0 Å². The minimum atomic E-state index is -0.179. The highest BCUT2D eigenvalue weighted by Crippen LogP contribution is 2.29. The molecule has 0 aliphatic carbocycles. The topological polar surface area (TPSA) is 45.6 Å². The molecular formula is C15H24N2O2. The van der Waals surface area contributed by atoms with Crippen LogP contribution in [0.1, 0.15) is 39.1 Å². The molecule has 0 unspecified atom stereocenters. The number of hydrogen-bond donors (Lipinski definition) is 1. The van der Waals surface area contributed by atoms with Crippen LogP contribution < -0.4 is 0 Å². The van der Waals surface area contributed by atoms with E-state index < -0.39 is 0 Å². The zero-order valence-electron chi connectivity index (χ0n) is 12.5. The van der Waals surface area contributed by atoms with Gasteiger partial charge in [-0.25, -0.2) is 0 Å². The van der Waals surface area contributed by atoms with Gasteiger partial charge in [0, 0.05) is 25.3 Å². The van der Waals surface area contributed by atoms with E-state index in [2.05, 4.69) is 37.6 Å². The van der Waals surface area contributed by atoms with E-state index in [1.54, 1.807) is 6.07 Å². The van der Waals surface area contributed by atoms with E-state index in [0.29, 0.717) is 6.54 Å². The molecule has 0 saturated carbocycles. The van der Waals surface area contributed by atoms with Crippen LogP contribution in [0.3, 0.4) is 0 Å². The molecule has 4 nitrogen and oxygen atoms in total. The Morgan fingerprint density at radius 1 is 1.21 bits per heavy atom. The monoisotopic (exact) mass is 264 g/mol. The molecule has 106 valence electrons. The first-order valence-corrected chi connectivity index (χ1v) is 6.75. The van der Waals surface area contributed by atoms with Gasteiger partial charge < -0.3 is 9.84 Å². The quantitative estimate of drug-likeness (QED) is 0.891. The van der Waals surface area contributed by atoms with Gasteiger partial charge in [-0.1, -0.05) is 0 Å². The second kappa shape index (κ2) is 4.76. The van der Waals surface area contributed by atoms with Crippen LogP contribution in [-0.4, -0.2) is 39.3 Å². The van der Waals surface area contributed by atoms with Gasteiger partial charge in [0.2, 0.25) is 0 Å². The summed E-state index contributed by atoms with van der Waals surface area (Å²) < 4.78 is 6.06. The maximum Gasteiger partial charge on any atom is 0.138 e. The van der Waals surface area contributed by atoms with Gasteiger partial charge in [0.25, 0.3) is 0 Å². The SMILES string of the molecule is Cc1ccc(O)c(CN2CC(C)(C)OC(C)(C)C2)n1. The van der Waals surface area contributed by atoms with Crippen LogP contribution in [-0.2, 0) is 11.3 Å². The zero-order chi connectivity index (χ0) is 14.3. The normalized spacial score (nSPS) is 22.4. The Bertz CT molecular complexity index is 453. The van der Waals surface area contributed by atoms with Gasteiger partial charge in [0.1, 0.15) is 5.75 Å². The van der Waals surface area contributed by atoms with E-state index >= 15 is 0 Å². The molecule has 1 aliphatic heterocycles. The van der Waals surface area contributed by atoms with E-state index in [9.17, 15) is 5.11 Å². The minimum absolute atomic E-state index is 0.179. The maximum absolute atomic E-state index is 9.91. The molecule has 4 heteroatoms. The molecule has 1 saturated heterocycles. The number of aryl methyl sites for hydroxylation is 1. The number of nitrogens with zero attached hydrogens (tertiary/aromatic N) is 2. The zero-order valence-corrected chi connectivity index (χ0v) is 12.5. The third-order valence-electron chi connectivity index (χ3n) is 3.22. The highest BCUT2D eigenvalue weighted by atomic mass is 16.5. The lowest BCUT2D eigenvalue weighted by molar-refractivity contribution is -0.182. The third-order valence-corrected chi connectivity index (χ3v) is 3.22. The van der Waals surface area contributed by atoms with Crippen molar-refractivity contribution in [2.75, 3.05) is 13.1 Å². The summed E-state index contributed by atoms with van der Waals surface area (Å²) in [4.78, 5) is 6.73. The number of ether oxygens (including phenoxy) is 1. The Balaban J connectivity index is 2.16. The Labute approximate surface area is 115 Å². The number of rotatable bonds is 2. The molecule has 1 aromatic rings. The van der Waals surface area contributed by atoms with E-state index in [1.807, 2.05) is 13.0 Å². The van der Waals surface area contributed by atoms with Crippen LogP contribution in [0.25, 0.3) is 0 Å². The van der Waals surface area contributed by atoms with Gasteiger partial charge in [-0.3, -0.25) is 9.88 Å². The number of aromatic nitrogens is 1. The van der Waals surface area contributed by atoms with Gasteiger partial charge in [0.15, 0.2) is 0 Å². The van der Waals surface area contributed by atoms with Crippen molar-refractivity contribution < 1.29 is 9.84 Å². The van der Waals surface area contributed by atoms with Crippen LogP contribution in [0.5, 0.6) is 5.75 Å². The predicted molar refractivity (Wildman–Crippen MR) is 75.2 cm³/mol. The smallest absolute Gasteiger partial charge is 0.138 e. The molecule has 0 radical (unpaired) electrons. The average molecular weight is 264 g/mol. The van der Waals surface area contributed by atoms with E-state index in [0.717, 1.165) is 24.5 Å². The summed E-state index contributed by atoms with van der Waals surface area (Å²) in [6.45, 7) is 12.7. The van der Waals surface area contributed by atoms with Crippen molar-refractivity contribution in [3.05, 3.63) is 23.5 Å². The number of morpholine rings is 1. The second-order valence-corrected chi connectivity index (χ2v) is 6.69. The van der Waals surface area contributed by atoms with Crippen LogP contribution >= 0.6 is 0 Å². The van der Waals surface area contributed by atoms with Crippen molar-refractivity contribution in [3.8, 4) is 5.75 Å². The first kappa shape index (κ1) is 14.3. The molecular weight excluding hydrogens is 240 g/mol. The summed E-state index contributed by atoms with van der Waals surface area (Å²) >= 11 is 0. The summed E-state index contributed by atoms with van der Waals surface area (Å²) in [5, 5.41) is 9.91. The summed E-state index contributed by atoms with van der Waals surface area (Å²) in [6, 6.07) is 3.54. The number of hydrogen-bond acceptors (Lipinski definition) is 4. The van der Waals surface area contributed by atoms with Gasteiger partial charge in [-0.05, 0) is 46.8 Å². The standard InChI is InChI=1S/C15H24N2O2/c1-11-6-7-13(18)12(16-11)8-17-9-14(2,3)19-15(4,5)10-17/h6-7,18H,8-10H2,1-5H3. The average Bonchev–Trinajstić information content (AvgIpc) is 2.18. The first-order valence-electron chi connectivity index (χ1n) is 6.75. The molecule has 1 aliphatic rings. The Hall–Kier alpha value is -1.13. The highest BCUT2D eigenvalue weighted by Gasteiger charge is 2.38. The molecule has 19 heavy (non-hydrogen) atoms. The van der Waals surface area contributed by atoms with Gasteiger partial charge in [-0.15, -0.1) is 0 Å². The van der Waals surface area contributed by atoms with E-state index in [-0.39, 0.29) is 17.0 Å². The third kappa shape index (κ3) is 3.67. The summed E-state index contributed by atoms with van der Waals surface area (Å²) in [5.74, 6) is 0.271. The lowest BCUT2D eigenvalue weighted by atomic mass is 9.99. The fraction of sp³-hybridized carbons (Fsp3) is 0.667. The van der Waals surface area contributed by atoms with Gasteiger partial charge in [-0.2, -0.15) is 0 Å². The molecule has 0 amide bonds. The van der Waals surface area contributed by atoms with Crippen LogP contribution in [0, 0.1) is 6.92 Å².